The van der Waals surface area contributed by atoms with Gasteiger partial charge in [-0.2, -0.15) is 63.1 Å². The molecule has 198 valence electrons. The zero-order valence-corrected chi connectivity index (χ0v) is 22.4. The number of aromatic nitrogens is 1. The van der Waals surface area contributed by atoms with Gasteiger partial charge in [0.2, 0.25) is 0 Å². The molecule has 0 radical (unpaired) electrons. The van der Waals surface area contributed by atoms with Crippen molar-refractivity contribution in [3.63, 3.8) is 0 Å². The maximum atomic E-state index is 10.4. The molecule has 1 aromatic heterocycles. The Kier molecular flexibility index (Phi) is 5.51. The summed E-state index contributed by atoms with van der Waals surface area (Å²) in [6, 6.07) is 20.7. The maximum absolute atomic E-state index is 10.4. The summed E-state index contributed by atoms with van der Waals surface area (Å²) < 4.78 is 1.40. The van der Waals surface area contributed by atoms with Crippen LogP contribution in [0.4, 0.5) is 0 Å². The molecular formula is C33HN13. The average molecular weight is 579 g/mol. The van der Waals surface area contributed by atoms with E-state index in [1.54, 1.807) is 36.4 Å². The Hall–Kier alpha value is -8.92. The normalized spacial score (nSPS) is 10.7. The van der Waals surface area contributed by atoms with Crippen molar-refractivity contribution in [2.45, 2.75) is 6.04 Å². The van der Waals surface area contributed by atoms with Gasteiger partial charge in [-0.25, -0.2) is 0 Å². The molecule has 0 saturated carbocycles. The molecule has 0 aliphatic carbocycles. The molecule has 3 aromatic carbocycles. The van der Waals surface area contributed by atoms with Crippen molar-refractivity contribution in [1.29, 1.82) is 63.1 Å². The van der Waals surface area contributed by atoms with Crippen LogP contribution < -0.4 is 0 Å². The van der Waals surface area contributed by atoms with Gasteiger partial charge in [0, 0.05) is 33.0 Å². The average Bonchev–Trinajstić information content (AvgIpc) is 3.72. The molecule has 0 spiro atoms. The topological polar surface area (TPSA) is 290 Å². The van der Waals surface area contributed by atoms with Crippen LogP contribution in [0.1, 0.15) is 83.9 Å². The van der Waals surface area contributed by atoms with Gasteiger partial charge < -0.3 is 4.57 Å². The monoisotopic (exact) mass is 579 g/mol. The number of nitriles is 12. The fraction of sp³-hybridized carbons (Fsp3) is 0.0303. The summed E-state index contributed by atoms with van der Waals surface area (Å²) in [5, 5.41) is 122. The molecular weight excluding hydrogens is 578 g/mol. The van der Waals surface area contributed by atoms with Crippen LogP contribution in [0.25, 0.3) is 33.3 Å². The number of fused-ring (bicyclic) bond motifs is 9. The van der Waals surface area contributed by atoms with Crippen LogP contribution in [-0.4, -0.2) is 4.57 Å². The van der Waals surface area contributed by atoms with Gasteiger partial charge in [0.1, 0.15) is 72.8 Å². The first-order valence-corrected chi connectivity index (χ1v) is 12.5. The molecule has 46 heavy (non-hydrogen) atoms. The third-order valence-electron chi connectivity index (χ3n) is 8.15. The number of rotatable bonds is 0. The van der Waals surface area contributed by atoms with Crippen LogP contribution in [0.5, 0.6) is 0 Å². The minimum Gasteiger partial charge on any atom is -0.327 e. The highest BCUT2D eigenvalue weighted by Gasteiger charge is 2.50. The third-order valence-corrected chi connectivity index (χ3v) is 8.15. The van der Waals surface area contributed by atoms with Crippen LogP contribution in [0, 0.1) is 136 Å². The highest BCUT2D eigenvalue weighted by molar-refractivity contribution is 6.17. The van der Waals surface area contributed by atoms with Crippen LogP contribution in [-0.2, 0) is 0 Å². The lowest BCUT2D eigenvalue weighted by atomic mass is 9.80. The number of hydrogen-bond donors (Lipinski definition) is 0. The zero-order chi connectivity index (χ0) is 33.2. The summed E-state index contributed by atoms with van der Waals surface area (Å²) in [6.45, 7) is 0. The maximum Gasteiger partial charge on any atom is 0.102 e. The number of benzene rings is 3. The van der Waals surface area contributed by atoms with Gasteiger partial charge in [-0.05, 0) is 0 Å². The molecule has 0 unspecified atom stereocenters. The van der Waals surface area contributed by atoms with Gasteiger partial charge in [-0.15, -0.1) is 0 Å². The highest BCUT2D eigenvalue weighted by atomic mass is 15.1. The zero-order valence-electron chi connectivity index (χ0n) is 22.4. The fourth-order valence-electron chi connectivity index (χ4n) is 6.66. The molecule has 0 fully saturated rings. The summed E-state index contributed by atoms with van der Waals surface area (Å²) in [5.74, 6) is 0. The first-order valence-electron chi connectivity index (χ1n) is 12.5. The molecule has 4 aromatic rings. The molecule has 0 amide bonds. The van der Waals surface area contributed by atoms with Crippen LogP contribution >= 0.6 is 0 Å². The van der Waals surface area contributed by atoms with Crippen molar-refractivity contribution in [2.24, 2.45) is 0 Å². The Bertz CT molecular complexity index is 2640. The smallest absolute Gasteiger partial charge is 0.102 e. The fourth-order valence-corrected chi connectivity index (χ4v) is 6.66. The van der Waals surface area contributed by atoms with E-state index in [9.17, 15) is 63.1 Å². The van der Waals surface area contributed by atoms with Crippen LogP contribution in [0.15, 0.2) is 0 Å². The molecule has 2 aliphatic heterocycles. The molecule has 0 N–H and O–H groups in total. The second-order valence-corrected chi connectivity index (χ2v) is 9.64. The lowest BCUT2D eigenvalue weighted by molar-refractivity contribution is 0.756. The van der Waals surface area contributed by atoms with Gasteiger partial charge in [-0.3, -0.25) is 0 Å². The standard InChI is InChI=1S/C33HN13/c34-1-13-14(2-35)20(8-41)26-25(19(13)7-40)31-27-21(9-42)15(3-36)16(4-37)22(10-43)28(27)33-30-24(12-45)18(6-39)17(5-38)23(11-44)29(30)32(26)46(31)33/h31H. The Balaban J connectivity index is 2.14. The molecule has 3 heterocycles. The summed E-state index contributed by atoms with van der Waals surface area (Å²) in [6.07, 6.45) is 0. The first-order chi connectivity index (χ1) is 22.4. The largest absolute Gasteiger partial charge is 0.327 e. The quantitative estimate of drug-likeness (QED) is 0.249. The second-order valence-electron chi connectivity index (χ2n) is 9.64. The Labute approximate surface area is 257 Å². The molecule has 2 aliphatic rings. The second kappa shape index (κ2) is 9.30. The van der Waals surface area contributed by atoms with Crippen molar-refractivity contribution < 1.29 is 0 Å². The van der Waals surface area contributed by atoms with E-state index in [4.69, 9.17) is 0 Å². The van der Waals surface area contributed by atoms with Crippen molar-refractivity contribution in [3.8, 4) is 95.3 Å². The number of nitrogens with zero attached hydrogens (tertiary/aromatic N) is 13. The van der Waals surface area contributed by atoms with Gasteiger partial charge in [-0.1, -0.05) is 0 Å². The lowest BCUT2D eigenvalue weighted by Gasteiger charge is -2.17. The highest BCUT2D eigenvalue weighted by Crippen LogP contribution is 2.62. The van der Waals surface area contributed by atoms with E-state index in [1.165, 1.54) is 4.57 Å². The minimum absolute atomic E-state index is 0.0610. The molecule has 6 rings (SSSR count). The van der Waals surface area contributed by atoms with Gasteiger partial charge >= 0.3 is 0 Å². The third kappa shape index (κ3) is 2.69. The van der Waals surface area contributed by atoms with Gasteiger partial charge in [0.25, 0.3) is 0 Å². The van der Waals surface area contributed by atoms with Crippen molar-refractivity contribution in [1.82, 2.24) is 4.57 Å². The van der Waals surface area contributed by atoms with E-state index in [1.807, 2.05) is 36.4 Å². The van der Waals surface area contributed by atoms with Crippen LogP contribution in [0.2, 0.25) is 0 Å². The van der Waals surface area contributed by atoms with E-state index in [2.05, 4.69) is 0 Å². The predicted molar refractivity (Wildman–Crippen MR) is 147 cm³/mol. The molecule has 0 bridgehead atoms. The van der Waals surface area contributed by atoms with Crippen molar-refractivity contribution in [2.75, 3.05) is 0 Å². The Morgan fingerprint density at radius 1 is 0.304 bits per heavy atom. The Morgan fingerprint density at radius 3 is 0.804 bits per heavy atom. The van der Waals surface area contributed by atoms with Crippen LogP contribution in [0.3, 0.4) is 0 Å². The molecule has 0 atom stereocenters. The summed E-state index contributed by atoms with van der Waals surface area (Å²) in [5.41, 5.74) is -5.54. The van der Waals surface area contributed by atoms with E-state index in [-0.39, 0.29) is 66.7 Å². The summed E-state index contributed by atoms with van der Waals surface area (Å²) in [4.78, 5) is 0. The minimum atomic E-state index is -1.35. The van der Waals surface area contributed by atoms with Gasteiger partial charge in [0.15, 0.2) is 0 Å². The Morgan fingerprint density at radius 2 is 0.543 bits per heavy atom. The molecule has 13 nitrogen and oxygen atoms in total. The molecule has 0 saturated heterocycles. The van der Waals surface area contributed by atoms with Gasteiger partial charge in [0.05, 0.1) is 84.2 Å². The van der Waals surface area contributed by atoms with E-state index in [0.29, 0.717) is 0 Å². The van der Waals surface area contributed by atoms with Crippen molar-refractivity contribution >= 4 is 10.8 Å². The van der Waals surface area contributed by atoms with Crippen molar-refractivity contribution in [3.05, 3.63) is 77.9 Å². The SMILES string of the molecule is N#Cc1c(C#N)c(C#N)c2c(c1C#N)-c1c3c(C#N)c(C#N)c(C#N)c(C#N)c3c3n1C2c1c(C#N)c(C#N)c(C#N)c(C#N)c1-3. The van der Waals surface area contributed by atoms with E-state index in [0.717, 1.165) is 0 Å². The first kappa shape index (κ1) is 27.3. The lowest BCUT2D eigenvalue weighted by Crippen LogP contribution is -2.10. The summed E-state index contributed by atoms with van der Waals surface area (Å²) in [7, 11) is 0. The predicted octanol–water partition coefficient (Wildman–Crippen LogP) is 3.70. The van der Waals surface area contributed by atoms with E-state index < -0.39 is 50.5 Å². The summed E-state index contributed by atoms with van der Waals surface area (Å²) >= 11 is 0. The number of hydrogen-bond acceptors (Lipinski definition) is 12. The van der Waals surface area contributed by atoms with E-state index >= 15 is 0 Å². The molecule has 13 heteroatoms.